The van der Waals surface area contributed by atoms with E-state index in [0.29, 0.717) is 37.7 Å². The minimum Gasteiger partial charge on any atom is -0.353 e. The number of amides is 2. The van der Waals surface area contributed by atoms with Crippen LogP contribution < -0.4 is 10.2 Å². The van der Waals surface area contributed by atoms with E-state index < -0.39 is 0 Å². The van der Waals surface area contributed by atoms with Crippen LogP contribution in [0.3, 0.4) is 0 Å². The Labute approximate surface area is 153 Å². The third-order valence-electron chi connectivity index (χ3n) is 4.79. The Morgan fingerprint density at radius 3 is 2.50 bits per heavy atom. The van der Waals surface area contributed by atoms with E-state index in [1.165, 1.54) is 6.33 Å². The highest BCUT2D eigenvalue weighted by atomic mass is 16.2. The number of nitrogens with zero attached hydrogens (tertiary/aromatic N) is 4. The van der Waals surface area contributed by atoms with Gasteiger partial charge < -0.3 is 15.1 Å². The Balaban J connectivity index is 1.72. The van der Waals surface area contributed by atoms with Crippen molar-refractivity contribution in [3.05, 3.63) is 47.4 Å². The molecule has 26 heavy (non-hydrogen) atoms. The predicted octanol–water partition coefficient (Wildman–Crippen LogP) is 2.01. The summed E-state index contributed by atoms with van der Waals surface area (Å²) in [5.74, 6) is 0.528. The van der Waals surface area contributed by atoms with Gasteiger partial charge >= 0.3 is 0 Å². The topological polar surface area (TPSA) is 78.4 Å². The highest BCUT2D eigenvalue weighted by Gasteiger charge is 2.20. The average Bonchev–Trinajstić information content (AvgIpc) is 2.65. The number of nitrogens with one attached hydrogen (secondary N) is 1. The van der Waals surface area contributed by atoms with E-state index in [1.54, 1.807) is 13.0 Å². The van der Waals surface area contributed by atoms with E-state index in [-0.39, 0.29) is 11.8 Å². The lowest BCUT2D eigenvalue weighted by molar-refractivity contribution is -0.129. The number of aryl methyl sites for hydroxylation is 1. The van der Waals surface area contributed by atoms with Crippen molar-refractivity contribution in [2.24, 2.45) is 0 Å². The van der Waals surface area contributed by atoms with Crippen molar-refractivity contribution >= 4 is 23.3 Å². The summed E-state index contributed by atoms with van der Waals surface area (Å²) in [6.45, 7) is 8.26. The van der Waals surface area contributed by atoms with Gasteiger partial charge in [0.05, 0.1) is 0 Å². The van der Waals surface area contributed by atoms with Gasteiger partial charge in [0.15, 0.2) is 0 Å². The smallest absolute Gasteiger partial charge is 0.274 e. The van der Waals surface area contributed by atoms with Crippen molar-refractivity contribution in [3.8, 4) is 0 Å². The Kier molecular flexibility index (Phi) is 5.16. The summed E-state index contributed by atoms with van der Waals surface area (Å²) in [6.07, 6.45) is 1.41. The summed E-state index contributed by atoms with van der Waals surface area (Å²) in [7, 11) is 0. The summed E-state index contributed by atoms with van der Waals surface area (Å²) in [4.78, 5) is 36.3. The molecular weight excluding hydrogens is 330 g/mol. The van der Waals surface area contributed by atoms with Gasteiger partial charge in [-0.3, -0.25) is 9.59 Å². The first-order valence-electron chi connectivity index (χ1n) is 8.66. The molecule has 0 radical (unpaired) electrons. The molecule has 1 aliphatic heterocycles. The lowest BCUT2D eigenvalue weighted by Crippen LogP contribution is -2.48. The first-order valence-corrected chi connectivity index (χ1v) is 8.66. The number of aromatic nitrogens is 2. The molecule has 1 aromatic heterocycles. The predicted molar refractivity (Wildman–Crippen MR) is 100 cm³/mol. The van der Waals surface area contributed by atoms with Gasteiger partial charge in [-0.1, -0.05) is 12.1 Å². The molecule has 2 aromatic rings. The zero-order chi connectivity index (χ0) is 18.7. The lowest BCUT2D eigenvalue weighted by Gasteiger charge is -2.34. The average molecular weight is 353 g/mol. The van der Waals surface area contributed by atoms with Gasteiger partial charge in [0.2, 0.25) is 5.91 Å². The number of piperazine rings is 1. The summed E-state index contributed by atoms with van der Waals surface area (Å²) in [6, 6.07) is 7.50. The maximum Gasteiger partial charge on any atom is 0.274 e. The molecule has 0 unspecified atom stereocenters. The van der Waals surface area contributed by atoms with Crippen LogP contribution in [0.4, 0.5) is 11.5 Å². The molecule has 1 saturated heterocycles. The molecule has 1 fully saturated rings. The fraction of sp³-hybridized carbons (Fsp3) is 0.368. The van der Waals surface area contributed by atoms with Crippen LogP contribution in [0.1, 0.15) is 28.5 Å². The quantitative estimate of drug-likeness (QED) is 0.913. The second kappa shape index (κ2) is 7.51. The largest absolute Gasteiger partial charge is 0.353 e. The van der Waals surface area contributed by atoms with Crippen molar-refractivity contribution in [1.82, 2.24) is 14.9 Å². The molecule has 2 heterocycles. The van der Waals surface area contributed by atoms with Crippen molar-refractivity contribution < 1.29 is 9.59 Å². The van der Waals surface area contributed by atoms with E-state index in [2.05, 4.69) is 20.2 Å². The summed E-state index contributed by atoms with van der Waals surface area (Å²) >= 11 is 0. The Morgan fingerprint density at radius 2 is 1.81 bits per heavy atom. The molecule has 7 nitrogen and oxygen atoms in total. The van der Waals surface area contributed by atoms with Crippen LogP contribution in [0.15, 0.2) is 30.6 Å². The number of carbonyl (C=O) groups excluding carboxylic acids is 2. The molecule has 1 N–H and O–H groups in total. The summed E-state index contributed by atoms with van der Waals surface area (Å²) in [5, 5.41) is 2.92. The molecule has 136 valence electrons. The molecule has 0 aliphatic carbocycles. The molecule has 1 aliphatic rings. The number of anilines is 2. The first kappa shape index (κ1) is 17.8. The van der Waals surface area contributed by atoms with Crippen LogP contribution in [0.5, 0.6) is 0 Å². The zero-order valence-electron chi connectivity index (χ0n) is 15.3. The van der Waals surface area contributed by atoms with Gasteiger partial charge in [-0.05, 0) is 31.0 Å². The third-order valence-corrected chi connectivity index (χ3v) is 4.79. The SMILES string of the molecule is CC(=O)N1CCN(c2cc(C(=O)Nc3cccc(C)c3C)ncn2)CC1. The Bertz CT molecular complexity index is 828. The van der Waals surface area contributed by atoms with E-state index in [1.807, 2.05) is 36.9 Å². The number of hydrogen-bond acceptors (Lipinski definition) is 5. The third kappa shape index (κ3) is 3.82. The second-order valence-electron chi connectivity index (χ2n) is 6.46. The van der Waals surface area contributed by atoms with Crippen LogP contribution in [-0.2, 0) is 4.79 Å². The fourth-order valence-corrected chi connectivity index (χ4v) is 2.97. The highest BCUT2D eigenvalue weighted by Crippen LogP contribution is 2.19. The van der Waals surface area contributed by atoms with Crippen molar-refractivity contribution in [2.75, 3.05) is 36.4 Å². The van der Waals surface area contributed by atoms with Gasteiger partial charge in [0.25, 0.3) is 5.91 Å². The number of carbonyl (C=O) groups is 2. The molecule has 1 aromatic carbocycles. The minimum atomic E-state index is -0.260. The molecule has 0 spiro atoms. The monoisotopic (exact) mass is 353 g/mol. The van der Waals surface area contributed by atoms with Crippen molar-refractivity contribution in [3.63, 3.8) is 0 Å². The van der Waals surface area contributed by atoms with E-state index in [4.69, 9.17) is 0 Å². The van der Waals surface area contributed by atoms with Gasteiger partial charge in [-0.25, -0.2) is 9.97 Å². The molecule has 0 saturated carbocycles. The van der Waals surface area contributed by atoms with E-state index >= 15 is 0 Å². The molecule has 2 amide bonds. The van der Waals surface area contributed by atoms with Gasteiger partial charge in [0, 0.05) is 44.9 Å². The second-order valence-corrected chi connectivity index (χ2v) is 6.46. The number of rotatable bonds is 3. The van der Waals surface area contributed by atoms with E-state index in [9.17, 15) is 9.59 Å². The Hall–Kier alpha value is -2.96. The van der Waals surface area contributed by atoms with E-state index in [0.717, 1.165) is 16.8 Å². The number of benzene rings is 1. The molecule has 0 bridgehead atoms. The van der Waals surface area contributed by atoms with Crippen molar-refractivity contribution in [2.45, 2.75) is 20.8 Å². The van der Waals surface area contributed by atoms with Gasteiger partial charge in [-0.15, -0.1) is 0 Å². The van der Waals surface area contributed by atoms with Crippen molar-refractivity contribution in [1.29, 1.82) is 0 Å². The molecule has 3 rings (SSSR count). The highest BCUT2D eigenvalue weighted by molar-refractivity contribution is 6.03. The van der Waals surface area contributed by atoms with Gasteiger partial charge in [-0.2, -0.15) is 0 Å². The van der Waals surface area contributed by atoms with Gasteiger partial charge in [0.1, 0.15) is 17.8 Å². The maximum absolute atomic E-state index is 12.6. The molecule has 7 heteroatoms. The van der Waals surface area contributed by atoms with Crippen LogP contribution >= 0.6 is 0 Å². The maximum atomic E-state index is 12.6. The minimum absolute atomic E-state index is 0.0842. The molecule has 0 atom stereocenters. The number of hydrogen-bond donors (Lipinski definition) is 1. The zero-order valence-corrected chi connectivity index (χ0v) is 15.3. The van der Waals surface area contributed by atoms with Crippen LogP contribution in [0.2, 0.25) is 0 Å². The fourth-order valence-electron chi connectivity index (χ4n) is 2.97. The summed E-state index contributed by atoms with van der Waals surface area (Å²) in [5.41, 5.74) is 3.26. The van der Waals surface area contributed by atoms with Crippen LogP contribution in [-0.4, -0.2) is 52.9 Å². The van der Waals surface area contributed by atoms with Crippen LogP contribution in [0.25, 0.3) is 0 Å². The first-order chi connectivity index (χ1) is 12.5. The Morgan fingerprint density at radius 1 is 1.08 bits per heavy atom. The lowest BCUT2D eigenvalue weighted by atomic mass is 10.1. The standard InChI is InChI=1S/C19H23N5O2/c1-13-5-4-6-16(14(13)2)22-19(26)17-11-18(21-12-20-17)24-9-7-23(8-10-24)15(3)25/h4-6,11-12H,7-10H2,1-3H3,(H,22,26). The molecular formula is C19H23N5O2. The summed E-state index contributed by atoms with van der Waals surface area (Å²) < 4.78 is 0. The van der Waals surface area contributed by atoms with Crippen LogP contribution in [0, 0.1) is 13.8 Å². The normalized spacial score (nSPS) is 14.3.